The highest BCUT2D eigenvalue weighted by atomic mass is 32.1. The summed E-state index contributed by atoms with van der Waals surface area (Å²) in [6, 6.07) is 0.859. The molecular formula is C10H12F3NO2S. The molecule has 0 fully saturated rings. The number of carboxylic acid groups (broad SMARTS) is 1. The van der Waals surface area contributed by atoms with Gasteiger partial charge in [0.05, 0.1) is 6.42 Å². The van der Waals surface area contributed by atoms with Crippen molar-refractivity contribution in [2.45, 2.75) is 32.1 Å². The first-order valence-electron chi connectivity index (χ1n) is 4.89. The fourth-order valence-electron chi connectivity index (χ4n) is 1.37. The molecule has 2 N–H and O–H groups in total. The highest BCUT2D eigenvalue weighted by Crippen LogP contribution is 2.22. The van der Waals surface area contributed by atoms with Gasteiger partial charge in [-0.3, -0.25) is 0 Å². The van der Waals surface area contributed by atoms with Crippen LogP contribution in [0.1, 0.15) is 28.6 Å². The van der Waals surface area contributed by atoms with E-state index in [-0.39, 0.29) is 11.4 Å². The van der Waals surface area contributed by atoms with Gasteiger partial charge in [-0.25, -0.2) is 4.79 Å². The molecule has 0 amide bonds. The van der Waals surface area contributed by atoms with Crippen LogP contribution in [0.25, 0.3) is 0 Å². The van der Waals surface area contributed by atoms with Crippen molar-refractivity contribution in [1.82, 2.24) is 5.32 Å². The van der Waals surface area contributed by atoms with E-state index in [1.165, 1.54) is 6.92 Å². The predicted octanol–water partition coefficient (Wildman–Crippen LogP) is 2.88. The Kier molecular flexibility index (Phi) is 4.53. The summed E-state index contributed by atoms with van der Waals surface area (Å²) >= 11 is 1.06. The smallest absolute Gasteiger partial charge is 0.390 e. The van der Waals surface area contributed by atoms with E-state index in [0.29, 0.717) is 5.56 Å². The Hall–Kier alpha value is -1.08. The van der Waals surface area contributed by atoms with Crippen LogP contribution in [-0.4, -0.2) is 23.3 Å². The van der Waals surface area contributed by atoms with Crippen LogP contribution in [0.4, 0.5) is 13.2 Å². The van der Waals surface area contributed by atoms with Crippen molar-refractivity contribution < 1.29 is 23.1 Å². The van der Waals surface area contributed by atoms with E-state index in [4.69, 9.17) is 5.11 Å². The third-order valence-corrected chi connectivity index (χ3v) is 3.06. The van der Waals surface area contributed by atoms with Crippen molar-refractivity contribution in [2.24, 2.45) is 0 Å². The van der Waals surface area contributed by atoms with E-state index >= 15 is 0 Å². The lowest BCUT2D eigenvalue weighted by molar-refractivity contribution is -0.139. The highest BCUT2D eigenvalue weighted by molar-refractivity contribution is 7.12. The summed E-state index contributed by atoms with van der Waals surface area (Å²) in [4.78, 5) is 10.9. The lowest BCUT2D eigenvalue weighted by atomic mass is 10.2. The van der Waals surface area contributed by atoms with Crippen LogP contribution < -0.4 is 5.32 Å². The first kappa shape index (κ1) is 14.0. The molecule has 0 saturated carbocycles. The standard InChI is InChI=1S/C10H12F3NO2S/c1-6(4-10(11,12)13)14-5-7-2-3-17-8(7)9(15)16/h2-3,6,14H,4-5H2,1H3,(H,15,16). The number of rotatable bonds is 5. The Labute approximate surface area is 100 Å². The summed E-state index contributed by atoms with van der Waals surface area (Å²) in [5.74, 6) is -1.06. The van der Waals surface area contributed by atoms with Gasteiger partial charge >= 0.3 is 12.1 Å². The van der Waals surface area contributed by atoms with Gasteiger partial charge in [0.25, 0.3) is 0 Å². The molecule has 0 radical (unpaired) electrons. The third-order valence-electron chi connectivity index (χ3n) is 2.12. The second-order valence-electron chi connectivity index (χ2n) is 3.68. The Morgan fingerprint density at radius 1 is 1.59 bits per heavy atom. The Morgan fingerprint density at radius 3 is 2.76 bits per heavy atom. The number of aromatic carboxylic acids is 1. The molecule has 0 bridgehead atoms. The highest BCUT2D eigenvalue weighted by Gasteiger charge is 2.29. The molecule has 0 aliphatic heterocycles. The van der Waals surface area contributed by atoms with E-state index in [1.807, 2.05) is 0 Å². The number of hydrogen-bond acceptors (Lipinski definition) is 3. The molecule has 1 aromatic rings. The van der Waals surface area contributed by atoms with E-state index in [2.05, 4.69) is 5.32 Å². The SMILES string of the molecule is CC(CC(F)(F)F)NCc1ccsc1C(=O)O. The number of carbonyl (C=O) groups is 1. The fourth-order valence-corrected chi connectivity index (χ4v) is 2.13. The van der Waals surface area contributed by atoms with E-state index in [0.717, 1.165) is 11.3 Å². The van der Waals surface area contributed by atoms with Gasteiger partial charge in [0.15, 0.2) is 0 Å². The van der Waals surface area contributed by atoms with Crippen LogP contribution in [0.3, 0.4) is 0 Å². The lowest BCUT2D eigenvalue weighted by Crippen LogP contribution is -2.30. The molecule has 0 spiro atoms. The quantitative estimate of drug-likeness (QED) is 0.862. The number of alkyl halides is 3. The maximum absolute atomic E-state index is 12.0. The maximum Gasteiger partial charge on any atom is 0.390 e. The van der Waals surface area contributed by atoms with Crippen LogP contribution in [-0.2, 0) is 6.54 Å². The summed E-state index contributed by atoms with van der Waals surface area (Å²) < 4.78 is 36.1. The van der Waals surface area contributed by atoms with Gasteiger partial charge in [-0.1, -0.05) is 0 Å². The Morgan fingerprint density at radius 2 is 2.24 bits per heavy atom. The molecule has 0 aromatic carbocycles. The van der Waals surface area contributed by atoms with Crippen molar-refractivity contribution >= 4 is 17.3 Å². The Bertz CT molecular complexity index is 389. The van der Waals surface area contributed by atoms with E-state index in [9.17, 15) is 18.0 Å². The summed E-state index contributed by atoms with van der Waals surface area (Å²) in [5, 5.41) is 13.1. The van der Waals surface area contributed by atoms with Gasteiger partial charge in [-0.2, -0.15) is 13.2 Å². The molecule has 0 saturated heterocycles. The Balaban J connectivity index is 2.50. The number of thiophene rings is 1. The minimum absolute atomic E-state index is 0.127. The van der Waals surface area contributed by atoms with Crippen molar-refractivity contribution in [3.8, 4) is 0 Å². The molecule has 1 heterocycles. The van der Waals surface area contributed by atoms with Crippen molar-refractivity contribution in [2.75, 3.05) is 0 Å². The average Bonchev–Trinajstić information content (AvgIpc) is 2.59. The van der Waals surface area contributed by atoms with E-state index < -0.39 is 24.6 Å². The van der Waals surface area contributed by atoms with Crippen molar-refractivity contribution in [3.63, 3.8) is 0 Å². The molecule has 1 aromatic heterocycles. The predicted molar refractivity (Wildman–Crippen MR) is 58.3 cm³/mol. The normalized spacial score (nSPS) is 13.6. The molecule has 0 aliphatic rings. The molecule has 7 heteroatoms. The van der Waals surface area contributed by atoms with Gasteiger partial charge in [0.1, 0.15) is 4.88 Å². The lowest BCUT2D eigenvalue weighted by Gasteiger charge is -2.15. The van der Waals surface area contributed by atoms with Gasteiger partial charge in [-0.05, 0) is 23.9 Å². The van der Waals surface area contributed by atoms with Crippen LogP contribution >= 0.6 is 11.3 Å². The molecule has 96 valence electrons. The number of hydrogen-bond donors (Lipinski definition) is 2. The van der Waals surface area contributed by atoms with Crippen LogP contribution in [0, 0.1) is 0 Å². The topological polar surface area (TPSA) is 49.3 Å². The first-order chi connectivity index (χ1) is 7.79. The third kappa shape index (κ3) is 4.74. The van der Waals surface area contributed by atoms with Crippen LogP contribution in [0.2, 0.25) is 0 Å². The molecule has 0 aliphatic carbocycles. The van der Waals surface area contributed by atoms with Gasteiger partial charge in [-0.15, -0.1) is 11.3 Å². The fraction of sp³-hybridized carbons (Fsp3) is 0.500. The van der Waals surface area contributed by atoms with Crippen LogP contribution in [0.15, 0.2) is 11.4 Å². The molecule has 1 atom stereocenters. The minimum Gasteiger partial charge on any atom is -0.477 e. The summed E-state index contributed by atoms with van der Waals surface area (Å²) in [7, 11) is 0. The number of carboxylic acids is 1. The van der Waals surface area contributed by atoms with E-state index in [1.54, 1.807) is 11.4 Å². The first-order valence-corrected chi connectivity index (χ1v) is 5.77. The summed E-state index contributed by atoms with van der Waals surface area (Å²) in [6.07, 6.45) is -5.14. The zero-order valence-electron chi connectivity index (χ0n) is 9.04. The zero-order chi connectivity index (χ0) is 13.1. The average molecular weight is 267 g/mol. The van der Waals surface area contributed by atoms with Crippen LogP contribution in [0.5, 0.6) is 0 Å². The zero-order valence-corrected chi connectivity index (χ0v) is 9.86. The molecule has 1 unspecified atom stereocenters. The van der Waals surface area contributed by atoms with Gasteiger partial charge in [0.2, 0.25) is 0 Å². The van der Waals surface area contributed by atoms with Crippen molar-refractivity contribution in [3.05, 3.63) is 21.9 Å². The van der Waals surface area contributed by atoms with Gasteiger partial charge in [0, 0.05) is 12.6 Å². The number of nitrogens with one attached hydrogen (secondary N) is 1. The molecule has 1 rings (SSSR count). The second-order valence-corrected chi connectivity index (χ2v) is 4.60. The minimum atomic E-state index is -4.21. The second kappa shape index (κ2) is 5.50. The monoisotopic (exact) mass is 267 g/mol. The molecule has 3 nitrogen and oxygen atoms in total. The van der Waals surface area contributed by atoms with Crippen molar-refractivity contribution in [1.29, 1.82) is 0 Å². The summed E-state index contributed by atoms with van der Waals surface area (Å²) in [5.41, 5.74) is 0.511. The molecular weight excluding hydrogens is 255 g/mol. The molecule has 17 heavy (non-hydrogen) atoms. The largest absolute Gasteiger partial charge is 0.477 e. The summed E-state index contributed by atoms with van der Waals surface area (Å²) in [6.45, 7) is 1.54. The van der Waals surface area contributed by atoms with Gasteiger partial charge < -0.3 is 10.4 Å². The maximum atomic E-state index is 12.0. The number of halogens is 3.